The van der Waals surface area contributed by atoms with Crippen LogP contribution in [0.25, 0.3) is 0 Å². The van der Waals surface area contributed by atoms with Crippen LogP contribution >= 0.6 is 0 Å². The summed E-state index contributed by atoms with van der Waals surface area (Å²) in [5.74, 6) is 1.48. The molecular formula is C24H37N7O. The summed E-state index contributed by atoms with van der Waals surface area (Å²) in [6.45, 7) is 11.8. The first-order valence-electron chi connectivity index (χ1n) is 11.8. The minimum Gasteiger partial charge on any atom is -0.346 e. The zero-order chi connectivity index (χ0) is 23.0. The fraction of sp³-hybridized carbons (Fsp3) is 0.667. The number of rotatable bonds is 6. The molecular weight excluding hydrogens is 402 g/mol. The van der Waals surface area contributed by atoms with E-state index in [-0.39, 0.29) is 18.1 Å². The second kappa shape index (κ2) is 8.71. The van der Waals surface area contributed by atoms with Gasteiger partial charge in [-0.1, -0.05) is 27.7 Å². The molecule has 1 aliphatic carbocycles. The van der Waals surface area contributed by atoms with Gasteiger partial charge >= 0.3 is 6.03 Å². The summed E-state index contributed by atoms with van der Waals surface area (Å²) in [4.78, 5) is 30.0. The lowest BCUT2D eigenvalue weighted by Crippen LogP contribution is -2.38. The van der Waals surface area contributed by atoms with Crippen LogP contribution in [0.3, 0.4) is 0 Å². The lowest BCUT2D eigenvalue weighted by atomic mass is 9.75. The molecule has 1 saturated carbocycles. The Balaban J connectivity index is 1.45. The molecule has 1 aliphatic heterocycles. The first-order valence-corrected chi connectivity index (χ1v) is 11.8. The van der Waals surface area contributed by atoms with Crippen molar-refractivity contribution in [3.63, 3.8) is 0 Å². The molecule has 1 saturated heterocycles. The number of hydrogen-bond acceptors (Lipinski definition) is 5. The van der Waals surface area contributed by atoms with Crippen LogP contribution in [0.1, 0.15) is 78.1 Å². The topological polar surface area (TPSA) is 79.2 Å². The van der Waals surface area contributed by atoms with Crippen molar-refractivity contribution >= 4 is 17.8 Å². The van der Waals surface area contributed by atoms with Gasteiger partial charge in [0.1, 0.15) is 5.82 Å². The first kappa shape index (κ1) is 22.6. The van der Waals surface area contributed by atoms with Crippen molar-refractivity contribution in [3.05, 3.63) is 30.5 Å². The molecule has 8 nitrogen and oxygen atoms in total. The van der Waals surface area contributed by atoms with Gasteiger partial charge in [0.15, 0.2) is 0 Å². The smallest absolute Gasteiger partial charge is 0.325 e. The van der Waals surface area contributed by atoms with Crippen molar-refractivity contribution in [1.29, 1.82) is 0 Å². The van der Waals surface area contributed by atoms with E-state index in [9.17, 15) is 4.79 Å². The van der Waals surface area contributed by atoms with Crippen LogP contribution in [0, 0.1) is 11.3 Å². The highest BCUT2D eigenvalue weighted by Gasteiger charge is 2.38. The number of aromatic nitrogens is 4. The number of likely N-dealkylation sites (N-methyl/N-ethyl adjacent to an activating group) is 1. The van der Waals surface area contributed by atoms with Gasteiger partial charge in [0, 0.05) is 32.0 Å². The molecule has 2 aromatic rings. The second-order valence-corrected chi connectivity index (χ2v) is 10.6. The third kappa shape index (κ3) is 4.59. The Hall–Kier alpha value is -2.64. The Morgan fingerprint density at radius 3 is 2.56 bits per heavy atom. The van der Waals surface area contributed by atoms with Crippen molar-refractivity contribution in [3.8, 4) is 0 Å². The van der Waals surface area contributed by atoms with Gasteiger partial charge in [-0.2, -0.15) is 4.98 Å². The lowest BCUT2D eigenvalue weighted by molar-refractivity contribution is 0.193. The van der Waals surface area contributed by atoms with Gasteiger partial charge < -0.3 is 14.8 Å². The number of amides is 2. The summed E-state index contributed by atoms with van der Waals surface area (Å²) < 4.78 is 2.27. The highest BCUT2D eigenvalue weighted by molar-refractivity contribution is 5.94. The van der Waals surface area contributed by atoms with E-state index in [4.69, 9.17) is 0 Å². The van der Waals surface area contributed by atoms with E-state index in [1.807, 2.05) is 19.4 Å². The fourth-order valence-corrected chi connectivity index (χ4v) is 4.82. The summed E-state index contributed by atoms with van der Waals surface area (Å²) in [5, 5.41) is 3.37. The molecule has 2 atom stereocenters. The molecule has 2 amide bonds. The number of nitrogens with zero attached hydrogens (tertiary/aromatic N) is 6. The van der Waals surface area contributed by atoms with Crippen LogP contribution in [0.4, 0.5) is 16.6 Å². The molecule has 8 heteroatoms. The maximum atomic E-state index is 12.7. The monoisotopic (exact) mass is 439 g/mol. The standard InChI is InChI=1S/C24H37N7O/c1-16(2)20-14-29(6)23(32)31(20)21-9-12-25-22(28-21)27-17(3)19-13-30(15-26-19)18-7-10-24(4,5)11-8-18/h9,12-13,15-18,20H,7-8,10-11,14H2,1-6H3,(H,25,27,28)/t17-,20+/m0/s1. The fourth-order valence-electron chi connectivity index (χ4n) is 4.82. The van der Waals surface area contributed by atoms with Crippen molar-refractivity contribution in [1.82, 2.24) is 24.4 Å². The third-order valence-electron chi connectivity index (χ3n) is 7.12. The molecule has 2 aliphatic rings. The Morgan fingerprint density at radius 2 is 1.88 bits per heavy atom. The van der Waals surface area contributed by atoms with Crippen LogP contribution in [0.2, 0.25) is 0 Å². The zero-order valence-corrected chi connectivity index (χ0v) is 20.2. The second-order valence-electron chi connectivity index (χ2n) is 10.6. The number of carbonyl (C=O) groups excluding carboxylic acids is 1. The first-order chi connectivity index (χ1) is 15.1. The van der Waals surface area contributed by atoms with Crippen molar-refractivity contribution < 1.29 is 4.79 Å². The predicted octanol–water partition coefficient (Wildman–Crippen LogP) is 4.88. The molecule has 174 valence electrons. The number of hydrogen-bond donors (Lipinski definition) is 1. The van der Waals surface area contributed by atoms with Crippen LogP contribution in [-0.4, -0.2) is 50.1 Å². The van der Waals surface area contributed by atoms with Gasteiger partial charge in [-0.3, -0.25) is 4.90 Å². The normalized spacial score (nSPS) is 22.6. The van der Waals surface area contributed by atoms with Crippen molar-refractivity contribution in [2.75, 3.05) is 23.8 Å². The summed E-state index contributed by atoms with van der Waals surface area (Å²) in [6.07, 6.45) is 10.7. The van der Waals surface area contributed by atoms with Crippen LogP contribution in [0.5, 0.6) is 0 Å². The highest BCUT2D eigenvalue weighted by atomic mass is 16.2. The minimum absolute atomic E-state index is 0.0178. The largest absolute Gasteiger partial charge is 0.346 e. The molecule has 2 aromatic heterocycles. The Kier molecular flexibility index (Phi) is 6.14. The molecule has 1 N–H and O–H groups in total. The maximum Gasteiger partial charge on any atom is 0.325 e. The van der Waals surface area contributed by atoms with E-state index in [2.05, 4.69) is 65.7 Å². The molecule has 0 unspecified atom stereocenters. The van der Waals surface area contributed by atoms with Crippen LogP contribution in [-0.2, 0) is 0 Å². The van der Waals surface area contributed by atoms with Gasteiger partial charge in [0.05, 0.1) is 24.1 Å². The van der Waals surface area contributed by atoms with Crippen LogP contribution in [0.15, 0.2) is 24.8 Å². The summed E-state index contributed by atoms with van der Waals surface area (Å²) in [7, 11) is 1.84. The van der Waals surface area contributed by atoms with E-state index in [0.717, 1.165) is 5.69 Å². The van der Waals surface area contributed by atoms with Crippen molar-refractivity contribution in [2.45, 2.75) is 78.4 Å². The Bertz CT molecular complexity index is 943. The van der Waals surface area contributed by atoms with E-state index >= 15 is 0 Å². The Morgan fingerprint density at radius 1 is 1.16 bits per heavy atom. The number of carbonyl (C=O) groups is 1. The molecule has 3 heterocycles. The third-order valence-corrected chi connectivity index (χ3v) is 7.12. The lowest BCUT2D eigenvalue weighted by Gasteiger charge is -2.34. The molecule has 0 radical (unpaired) electrons. The minimum atomic E-state index is -0.0376. The average molecular weight is 440 g/mol. The maximum absolute atomic E-state index is 12.7. The van der Waals surface area contributed by atoms with Gasteiger partial charge in [-0.25, -0.2) is 14.8 Å². The number of nitrogens with one attached hydrogen (secondary N) is 1. The number of imidazole rings is 1. The number of anilines is 2. The molecule has 4 rings (SSSR count). The SMILES string of the molecule is CC(C)[C@H]1CN(C)C(=O)N1c1ccnc(N[C@@H](C)c2cn(C3CCC(C)(C)CC3)cn2)n1. The van der Waals surface area contributed by atoms with Gasteiger partial charge in [0.2, 0.25) is 5.95 Å². The quantitative estimate of drug-likeness (QED) is 0.694. The molecule has 2 fully saturated rings. The summed E-state index contributed by atoms with van der Waals surface area (Å²) in [6, 6.07) is 2.38. The summed E-state index contributed by atoms with van der Waals surface area (Å²) >= 11 is 0. The highest BCUT2D eigenvalue weighted by Crippen LogP contribution is 2.40. The molecule has 0 aromatic carbocycles. The number of urea groups is 1. The van der Waals surface area contributed by atoms with E-state index in [1.165, 1.54) is 25.7 Å². The molecule has 0 spiro atoms. The van der Waals surface area contributed by atoms with E-state index < -0.39 is 0 Å². The van der Waals surface area contributed by atoms with Crippen LogP contribution < -0.4 is 10.2 Å². The predicted molar refractivity (Wildman–Crippen MR) is 127 cm³/mol. The van der Waals surface area contributed by atoms with E-state index in [0.29, 0.717) is 35.7 Å². The van der Waals surface area contributed by atoms with Gasteiger partial charge in [0.25, 0.3) is 0 Å². The molecule has 32 heavy (non-hydrogen) atoms. The van der Waals surface area contributed by atoms with E-state index in [1.54, 1.807) is 16.0 Å². The average Bonchev–Trinajstić information content (AvgIpc) is 3.34. The van der Waals surface area contributed by atoms with Gasteiger partial charge in [-0.05, 0) is 50.0 Å². The summed E-state index contributed by atoms with van der Waals surface area (Å²) in [5.41, 5.74) is 1.43. The Labute approximate surface area is 191 Å². The zero-order valence-electron chi connectivity index (χ0n) is 20.2. The van der Waals surface area contributed by atoms with Crippen molar-refractivity contribution in [2.24, 2.45) is 11.3 Å². The van der Waals surface area contributed by atoms with Gasteiger partial charge in [-0.15, -0.1) is 0 Å². The molecule has 0 bridgehead atoms.